The Kier molecular flexibility index (Phi) is 5.87. The largest absolute Gasteiger partial charge is 0.486 e. The maximum absolute atomic E-state index is 11.4. The Labute approximate surface area is 176 Å². The van der Waals surface area contributed by atoms with Gasteiger partial charge in [0.25, 0.3) is 0 Å². The molecule has 1 atom stereocenters. The monoisotopic (exact) mass is 427 g/mol. The van der Waals surface area contributed by atoms with Crippen molar-refractivity contribution in [2.45, 2.75) is 33.0 Å². The summed E-state index contributed by atoms with van der Waals surface area (Å²) in [5.41, 5.74) is 2.07. The summed E-state index contributed by atoms with van der Waals surface area (Å²) in [6.45, 7) is 4.20. The summed E-state index contributed by atoms with van der Waals surface area (Å²) in [6.07, 6.45) is 0.844. The lowest BCUT2D eigenvalue weighted by Gasteiger charge is -2.13. The molecule has 0 aliphatic heterocycles. The first-order valence-corrected chi connectivity index (χ1v) is 10.4. The van der Waals surface area contributed by atoms with Crippen LogP contribution in [0.5, 0.6) is 5.75 Å². The second-order valence-corrected chi connectivity index (χ2v) is 7.61. The summed E-state index contributed by atoms with van der Waals surface area (Å²) in [5.74, 6) is 0.922. The summed E-state index contributed by atoms with van der Waals surface area (Å²) in [7, 11) is 0. The van der Waals surface area contributed by atoms with Crippen LogP contribution in [0.2, 0.25) is 0 Å². The van der Waals surface area contributed by atoms with E-state index < -0.39 is 12.1 Å². The number of benzene rings is 1. The molecule has 0 aliphatic rings. The predicted molar refractivity (Wildman–Crippen MR) is 112 cm³/mol. The zero-order chi connectivity index (χ0) is 21.1. The number of ether oxygens (including phenoxy) is 2. The molecule has 30 heavy (non-hydrogen) atoms. The van der Waals surface area contributed by atoms with Crippen molar-refractivity contribution >= 4 is 28.3 Å². The van der Waals surface area contributed by atoms with Crippen molar-refractivity contribution in [3.63, 3.8) is 0 Å². The molecule has 3 heterocycles. The summed E-state index contributed by atoms with van der Waals surface area (Å²) < 4.78 is 22.7. The fourth-order valence-electron chi connectivity index (χ4n) is 3.21. The molecule has 0 amide bonds. The van der Waals surface area contributed by atoms with Gasteiger partial charge in [0, 0.05) is 13.0 Å². The molecule has 0 saturated heterocycles. The fourth-order valence-corrected chi connectivity index (χ4v) is 3.86. The number of oxazole rings is 1. The van der Waals surface area contributed by atoms with E-state index in [-0.39, 0.29) is 13.0 Å². The quantitative estimate of drug-likeness (QED) is 0.398. The molecule has 4 aromatic rings. The van der Waals surface area contributed by atoms with Crippen LogP contribution >= 0.6 is 11.3 Å². The first kappa shape index (κ1) is 20.2. The predicted octanol–water partition coefficient (Wildman–Crippen LogP) is 5.07. The van der Waals surface area contributed by atoms with Crippen LogP contribution in [0.25, 0.3) is 21.7 Å². The average Bonchev–Trinajstić information content (AvgIpc) is 3.47. The number of nitrogens with zero attached hydrogens (tertiary/aromatic N) is 1. The third kappa shape index (κ3) is 4.10. The Bertz CT molecular complexity index is 1140. The van der Waals surface area contributed by atoms with E-state index in [1.807, 2.05) is 36.6 Å². The Morgan fingerprint density at radius 2 is 2.17 bits per heavy atom. The average molecular weight is 427 g/mol. The van der Waals surface area contributed by atoms with Gasteiger partial charge in [-0.05, 0) is 43.0 Å². The molecule has 1 N–H and O–H groups in total. The molecule has 3 aromatic heterocycles. The van der Waals surface area contributed by atoms with Crippen molar-refractivity contribution in [1.29, 1.82) is 0 Å². The highest BCUT2D eigenvalue weighted by molar-refractivity contribution is 7.13. The van der Waals surface area contributed by atoms with E-state index in [1.54, 1.807) is 30.6 Å². The van der Waals surface area contributed by atoms with Gasteiger partial charge in [0.2, 0.25) is 5.89 Å². The van der Waals surface area contributed by atoms with Gasteiger partial charge in [0.1, 0.15) is 29.4 Å². The summed E-state index contributed by atoms with van der Waals surface area (Å²) in [6, 6.07) is 9.34. The number of thiophene rings is 1. The topological polar surface area (TPSA) is 94.9 Å². The number of aryl methyl sites for hydroxylation is 1. The molecule has 0 aliphatic carbocycles. The van der Waals surface area contributed by atoms with Gasteiger partial charge in [-0.3, -0.25) is 0 Å². The maximum Gasteiger partial charge on any atom is 0.333 e. The highest BCUT2D eigenvalue weighted by Crippen LogP contribution is 2.32. The van der Waals surface area contributed by atoms with Crippen molar-refractivity contribution in [1.82, 2.24) is 4.98 Å². The molecule has 0 fully saturated rings. The van der Waals surface area contributed by atoms with E-state index in [9.17, 15) is 9.90 Å². The molecular weight excluding hydrogens is 406 g/mol. The van der Waals surface area contributed by atoms with E-state index >= 15 is 0 Å². The number of fused-ring (bicyclic) bond motifs is 1. The fraction of sp³-hybridized carbons (Fsp3) is 0.273. The zero-order valence-electron chi connectivity index (χ0n) is 16.6. The van der Waals surface area contributed by atoms with Gasteiger partial charge in [-0.25, -0.2) is 9.78 Å². The van der Waals surface area contributed by atoms with Gasteiger partial charge in [0.05, 0.1) is 16.5 Å². The molecule has 1 aromatic carbocycles. The highest BCUT2D eigenvalue weighted by Gasteiger charge is 2.21. The van der Waals surface area contributed by atoms with Crippen molar-refractivity contribution in [3.05, 3.63) is 59.0 Å². The van der Waals surface area contributed by atoms with Gasteiger partial charge in [0.15, 0.2) is 6.10 Å². The minimum Gasteiger partial charge on any atom is -0.486 e. The number of furan rings is 1. The van der Waals surface area contributed by atoms with Crippen LogP contribution in [0.3, 0.4) is 0 Å². The molecular formula is C22H21NO6S. The number of aliphatic carboxylic acids is 1. The number of carbonyl (C=O) groups is 1. The molecule has 156 valence electrons. The maximum atomic E-state index is 11.4. The van der Waals surface area contributed by atoms with Crippen LogP contribution in [-0.4, -0.2) is 28.8 Å². The summed E-state index contributed by atoms with van der Waals surface area (Å²) in [5, 5.41) is 12.1. The van der Waals surface area contributed by atoms with Crippen LogP contribution in [-0.2, 0) is 22.6 Å². The highest BCUT2D eigenvalue weighted by atomic mass is 32.1. The van der Waals surface area contributed by atoms with Crippen molar-refractivity contribution in [2.24, 2.45) is 0 Å². The Morgan fingerprint density at radius 3 is 2.90 bits per heavy atom. The minimum absolute atomic E-state index is 0.208. The van der Waals surface area contributed by atoms with Crippen LogP contribution in [0.4, 0.5) is 0 Å². The lowest BCUT2D eigenvalue weighted by molar-refractivity contribution is -0.149. The number of hydrogen-bond donors (Lipinski definition) is 1. The Hall–Kier alpha value is -3.10. The summed E-state index contributed by atoms with van der Waals surface area (Å²) >= 11 is 1.57. The Balaban J connectivity index is 1.53. The lowest BCUT2D eigenvalue weighted by Crippen LogP contribution is -2.26. The zero-order valence-corrected chi connectivity index (χ0v) is 17.4. The molecule has 0 spiro atoms. The van der Waals surface area contributed by atoms with Gasteiger partial charge >= 0.3 is 5.97 Å². The van der Waals surface area contributed by atoms with E-state index in [0.717, 1.165) is 21.5 Å². The van der Waals surface area contributed by atoms with Crippen LogP contribution in [0.15, 0.2) is 50.8 Å². The van der Waals surface area contributed by atoms with E-state index in [0.29, 0.717) is 29.6 Å². The summed E-state index contributed by atoms with van der Waals surface area (Å²) in [4.78, 5) is 16.9. The third-order valence-corrected chi connectivity index (χ3v) is 5.55. The van der Waals surface area contributed by atoms with E-state index in [1.165, 1.54) is 0 Å². The minimum atomic E-state index is -1.00. The van der Waals surface area contributed by atoms with Gasteiger partial charge in [-0.2, -0.15) is 0 Å². The standard InChI is InChI=1S/C22H21NO6S/c1-3-26-18(22(24)25)11-14-6-7-17(15-8-9-27-20(14)15)28-12-16-13(2)29-21(23-16)19-5-4-10-30-19/h4-10,18H,3,11-12H2,1-2H3,(H,24,25). The molecule has 0 radical (unpaired) electrons. The molecule has 1 unspecified atom stereocenters. The van der Waals surface area contributed by atoms with Crippen LogP contribution < -0.4 is 4.74 Å². The number of carboxylic acids is 1. The molecule has 0 saturated carbocycles. The molecule has 0 bridgehead atoms. The van der Waals surface area contributed by atoms with E-state index in [2.05, 4.69) is 4.98 Å². The smallest absolute Gasteiger partial charge is 0.333 e. The normalized spacial score (nSPS) is 12.3. The molecule has 7 nitrogen and oxygen atoms in total. The number of aromatic nitrogens is 1. The molecule has 8 heteroatoms. The van der Waals surface area contributed by atoms with Crippen LogP contribution in [0.1, 0.15) is 23.9 Å². The number of hydrogen-bond acceptors (Lipinski definition) is 7. The molecule has 4 rings (SSSR count). The van der Waals surface area contributed by atoms with Crippen molar-refractivity contribution < 1.29 is 28.2 Å². The first-order valence-electron chi connectivity index (χ1n) is 9.53. The second kappa shape index (κ2) is 8.73. The van der Waals surface area contributed by atoms with Crippen molar-refractivity contribution in [3.8, 4) is 16.5 Å². The number of rotatable bonds is 9. The van der Waals surface area contributed by atoms with Gasteiger partial charge in [-0.15, -0.1) is 11.3 Å². The first-order chi connectivity index (χ1) is 14.6. The second-order valence-electron chi connectivity index (χ2n) is 6.66. The lowest BCUT2D eigenvalue weighted by atomic mass is 10.0. The third-order valence-electron chi connectivity index (χ3n) is 4.70. The SMILES string of the molecule is CCOC(Cc1ccc(OCc2nc(-c3cccs3)oc2C)c2ccoc12)C(=O)O. The number of carboxylic acid groups (broad SMARTS) is 1. The van der Waals surface area contributed by atoms with Crippen LogP contribution in [0, 0.1) is 6.92 Å². The van der Waals surface area contributed by atoms with E-state index in [4.69, 9.17) is 18.3 Å². The van der Waals surface area contributed by atoms with Gasteiger partial charge in [-0.1, -0.05) is 12.1 Å². The van der Waals surface area contributed by atoms with Gasteiger partial charge < -0.3 is 23.4 Å². The Morgan fingerprint density at radius 1 is 1.30 bits per heavy atom. The van der Waals surface area contributed by atoms with Crippen molar-refractivity contribution in [2.75, 3.05) is 6.61 Å².